The molecule has 0 bridgehead atoms. The van der Waals surface area contributed by atoms with E-state index >= 15 is 0 Å². The van der Waals surface area contributed by atoms with Gasteiger partial charge in [0.2, 0.25) is 0 Å². The smallest absolute Gasteiger partial charge is 0.251 e. The fourth-order valence-corrected chi connectivity index (χ4v) is 5.18. The molecule has 2 unspecified atom stereocenters. The zero-order valence-electron chi connectivity index (χ0n) is 18.9. The number of guanidine groups is 1. The maximum absolute atomic E-state index is 12.1. The highest BCUT2D eigenvalue weighted by molar-refractivity contribution is 7.10. The fourth-order valence-electron chi connectivity index (χ4n) is 4.20. The van der Waals surface area contributed by atoms with Gasteiger partial charge in [-0.3, -0.25) is 9.69 Å². The van der Waals surface area contributed by atoms with Crippen LogP contribution in [0.3, 0.4) is 0 Å². The predicted molar refractivity (Wildman–Crippen MR) is 130 cm³/mol. The summed E-state index contributed by atoms with van der Waals surface area (Å²) >= 11 is 1.85. The molecule has 3 rings (SSSR count). The summed E-state index contributed by atoms with van der Waals surface area (Å²) in [6, 6.07) is 12.5. The number of aliphatic imine (C=N–C) groups is 1. The number of piperidine rings is 1. The van der Waals surface area contributed by atoms with Crippen LogP contribution < -0.4 is 16.0 Å². The van der Waals surface area contributed by atoms with Gasteiger partial charge in [0.1, 0.15) is 0 Å². The Balaban J connectivity index is 1.64. The van der Waals surface area contributed by atoms with Crippen molar-refractivity contribution in [2.75, 3.05) is 33.2 Å². The molecule has 7 heteroatoms. The molecule has 31 heavy (non-hydrogen) atoms. The Morgan fingerprint density at radius 2 is 2.00 bits per heavy atom. The SMILES string of the molecule is CCNC(=O)c1cccc(CN=C(NCC)NCC2CCCN(C)C2c2cccs2)c1. The van der Waals surface area contributed by atoms with Crippen LogP contribution >= 0.6 is 11.3 Å². The Bertz CT molecular complexity index is 851. The van der Waals surface area contributed by atoms with Crippen LogP contribution in [-0.2, 0) is 6.54 Å². The summed E-state index contributed by atoms with van der Waals surface area (Å²) in [5.41, 5.74) is 1.70. The molecule has 168 valence electrons. The van der Waals surface area contributed by atoms with Crippen LogP contribution in [0.2, 0.25) is 0 Å². The molecule has 1 aliphatic rings. The first-order chi connectivity index (χ1) is 15.1. The first kappa shape index (κ1) is 23.3. The molecule has 0 saturated carbocycles. The Kier molecular flexibility index (Phi) is 8.91. The van der Waals surface area contributed by atoms with E-state index in [1.165, 1.54) is 17.7 Å². The van der Waals surface area contributed by atoms with E-state index in [0.29, 0.717) is 30.6 Å². The predicted octanol–water partition coefficient (Wildman–Crippen LogP) is 3.64. The average Bonchev–Trinajstić information content (AvgIpc) is 3.30. The number of likely N-dealkylation sites (tertiary alicyclic amines) is 1. The van der Waals surface area contributed by atoms with Gasteiger partial charge in [-0.05, 0) is 75.3 Å². The minimum atomic E-state index is -0.0422. The molecule has 1 aromatic heterocycles. The van der Waals surface area contributed by atoms with E-state index in [2.05, 4.69) is 52.3 Å². The number of hydrogen-bond donors (Lipinski definition) is 3. The van der Waals surface area contributed by atoms with Crippen molar-refractivity contribution >= 4 is 23.2 Å². The molecule has 2 heterocycles. The minimum Gasteiger partial charge on any atom is -0.357 e. The van der Waals surface area contributed by atoms with Gasteiger partial charge in [0.05, 0.1) is 6.54 Å². The van der Waals surface area contributed by atoms with Gasteiger partial charge >= 0.3 is 0 Å². The van der Waals surface area contributed by atoms with Gasteiger partial charge in [-0.2, -0.15) is 0 Å². The Morgan fingerprint density at radius 3 is 2.74 bits per heavy atom. The van der Waals surface area contributed by atoms with Crippen molar-refractivity contribution in [2.45, 2.75) is 39.3 Å². The summed E-state index contributed by atoms with van der Waals surface area (Å²) in [6.07, 6.45) is 2.44. The number of nitrogens with zero attached hydrogens (tertiary/aromatic N) is 2. The lowest BCUT2D eigenvalue weighted by atomic mass is 9.88. The van der Waals surface area contributed by atoms with Gasteiger partial charge in [0.15, 0.2) is 5.96 Å². The topological polar surface area (TPSA) is 68.8 Å². The summed E-state index contributed by atoms with van der Waals surface area (Å²) in [7, 11) is 2.23. The molecular formula is C24H35N5OS. The number of rotatable bonds is 8. The van der Waals surface area contributed by atoms with Gasteiger partial charge in [0, 0.05) is 36.1 Å². The maximum Gasteiger partial charge on any atom is 0.251 e. The highest BCUT2D eigenvalue weighted by atomic mass is 32.1. The Hall–Kier alpha value is -2.38. The zero-order valence-corrected chi connectivity index (χ0v) is 19.7. The summed E-state index contributed by atoms with van der Waals surface area (Å²) in [4.78, 5) is 20.8. The largest absolute Gasteiger partial charge is 0.357 e. The highest BCUT2D eigenvalue weighted by Gasteiger charge is 2.31. The lowest BCUT2D eigenvalue weighted by molar-refractivity contribution is 0.0955. The lowest BCUT2D eigenvalue weighted by Crippen LogP contribution is -2.44. The van der Waals surface area contributed by atoms with Gasteiger partial charge in [0.25, 0.3) is 5.91 Å². The van der Waals surface area contributed by atoms with Crippen molar-refractivity contribution in [3.63, 3.8) is 0 Å². The first-order valence-corrected chi connectivity index (χ1v) is 12.1. The second-order valence-corrected chi connectivity index (χ2v) is 8.96. The van der Waals surface area contributed by atoms with Crippen molar-refractivity contribution in [3.8, 4) is 0 Å². The maximum atomic E-state index is 12.1. The summed E-state index contributed by atoms with van der Waals surface area (Å²) in [6.45, 7) is 8.00. The van der Waals surface area contributed by atoms with E-state index < -0.39 is 0 Å². The third kappa shape index (κ3) is 6.55. The van der Waals surface area contributed by atoms with Crippen LogP contribution in [0.4, 0.5) is 0 Å². The number of amides is 1. The van der Waals surface area contributed by atoms with E-state index in [-0.39, 0.29) is 5.91 Å². The van der Waals surface area contributed by atoms with Crippen LogP contribution in [0.25, 0.3) is 0 Å². The van der Waals surface area contributed by atoms with Crippen LogP contribution in [-0.4, -0.2) is 50.0 Å². The molecule has 2 aromatic rings. The van der Waals surface area contributed by atoms with E-state index in [1.807, 2.05) is 42.5 Å². The van der Waals surface area contributed by atoms with Gasteiger partial charge in [-0.1, -0.05) is 18.2 Å². The summed E-state index contributed by atoms with van der Waals surface area (Å²) in [5.74, 6) is 1.32. The second kappa shape index (κ2) is 11.9. The van der Waals surface area contributed by atoms with Crippen LogP contribution in [0.1, 0.15) is 53.5 Å². The molecule has 0 aliphatic carbocycles. The van der Waals surface area contributed by atoms with Crippen molar-refractivity contribution in [1.29, 1.82) is 0 Å². The highest BCUT2D eigenvalue weighted by Crippen LogP contribution is 2.36. The molecule has 1 fully saturated rings. The number of nitrogens with one attached hydrogen (secondary N) is 3. The van der Waals surface area contributed by atoms with E-state index in [4.69, 9.17) is 4.99 Å². The summed E-state index contributed by atoms with van der Waals surface area (Å²) < 4.78 is 0. The molecule has 1 aromatic carbocycles. The van der Waals surface area contributed by atoms with Crippen LogP contribution in [0, 0.1) is 5.92 Å². The number of carbonyl (C=O) groups is 1. The molecular weight excluding hydrogens is 406 g/mol. The lowest BCUT2D eigenvalue weighted by Gasteiger charge is -2.39. The molecule has 3 N–H and O–H groups in total. The average molecular weight is 442 g/mol. The zero-order chi connectivity index (χ0) is 22.1. The fraction of sp³-hybridized carbons (Fsp3) is 0.500. The quantitative estimate of drug-likeness (QED) is 0.432. The van der Waals surface area contributed by atoms with Gasteiger partial charge in [-0.25, -0.2) is 4.99 Å². The molecule has 1 amide bonds. The third-order valence-corrected chi connectivity index (χ3v) is 6.61. The number of thiophene rings is 1. The van der Waals surface area contributed by atoms with Crippen molar-refractivity contribution in [2.24, 2.45) is 10.9 Å². The van der Waals surface area contributed by atoms with Crippen molar-refractivity contribution < 1.29 is 4.79 Å². The molecule has 1 aliphatic heterocycles. The van der Waals surface area contributed by atoms with Crippen molar-refractivity contribution in [3.05, 3.63) is 57.8 Å². The Morgan fingerprint density at radius 1 is 1.16 bits per heavy atom. The molecule has 6 nitrogen and oxygen atoms in total. The molecule has 2 atom stereocenters. The molecule has 1 saturated heterocycles. The first-order valence-electron chi connectivity index (χ1n) is 11.2. The standard InChI is InChI=1S/C24H35N5OS/c1-4-25-23(30)19-10-6-9-18(15-19)16-27-24(26-5-2)28-17-20-11-7-13-29(3)22(20)21-12-8-14-31-21/h6,8-10,12,14-15,20,22H,4-5,7,11,13,16-17H2,1-3H3,(H,25,30)(H2,26,27,28). The van der Waals surface area contributed by atoms with E-state index in [0.717, 1.165) is 31.2 Å². The second-order valence-electron chi connectivity index (χ2n) is 7.98. The minimum absolute atomic E-state index is 0.0422. The Labute approximate surface area is 190 Å². The third-order valence-electron chi connectivity index (χ3n) is 5.66. The number of carbonyl (C=O) groups excluding carboxylic acids is 1. The van der Waals surface area contributed by atoms with Crippen LogP contribution in [0.15, 0.2) is 46.8 Å². The number of benzene rings is 1. The number of hydrogen-bond acceptors (Lipinski definition) is 4. The van der Waals surface area contributed by atoms with Crippen LogP contribution in [0.5, 0.6) is 0 Å². The van der Waals surface area contributed by atoms with E-state index in [9.17, 15) is 4.79 Å². The van der Waals surface area contributed by atoms with Gasteiger partial charge < -0.3 is 16.0 Å². The normalized spacial score (nSPS) is 19.8. The summed E-state index contributed by atoms with van der Waals surface area (Å²) in [5, 5.41) is 11.9. The molecule has 0 spiro atoms. The van der Waals surface area contributed by atoms with Crippen molar-refractivity contribution in [1.82, 2.24) is 20.9 Å². The van der Waals surface area contributed by atoms with E-state index in [1.54, 1.807) is 0 Å². The van der Waals surface area contributed by atoms with Gasteiger partial charge in [-0.15, -0.1) is 11.3 Å². The monoisotopic (exact) mass is 441 g/mol. The molecule has 0 radical (unpaired) electrons.